The van der Waals surface area contributed by atoms with E-state index in [1.54, 1.807) is 0 Å². The fourth-order valence-corrected chi connectivity index (χ4v) is 3.24. The van der Waals surface area contributed by atoms with Gasteiger partial charge >= 0.3 is 0 Å². The van der Waals surface area contributed by atoms with Crippen molar-refractivity contribution >= 4 is 5.91 Å². The molecule has 21 heavy (non-hydrogen) atoms. The molecule has 1 aliphatic heterocycles. The van der Waals surface area contributed by atoms with Gasteiger partial charge in [0.15, 0.2) is 0 Å². The van der Waals surface area contributed by atoms with Crippen molar-refractivity contribution in [2.75, 3.05) is 6.54 Å². The van der Waals surface area contributed by atoms with Crippen LogP contribution >= 0.6 is 0 Å². The van der Waals surface area contributed by atoms with Gasteiger partial charge in [0, 0.05) is 19.0 Å². The fraction of sp³-hybridized carbons (Fsp3) is 0.944. The zero-order valence-electron chi connectivity index (χ0n) is 14.1. The maximum Gasteiger partial charge on any atom is 0.222 e. The Morgan fingerprint density at radius 1 is 1.19 bits per heavy atom. The first kappa shape index (κ1) is 18.5. The van der Waals surface area contributed by atoms with Gasteiger partial charge in [-0.25, -0.2) is 0 Å². The molecular formula is C18H35NO2. The number of hydrogen-bond acceptors (Lipinski definition) is 2. The number of nitrogens with zero attached hydrogens (tertiary/aromatic N) is 1. The summed E-state index contributed by atoms with van der Waals surface area (Å²) in [6.45, 7) is 5.18. The standard InChI is InChI=1S/C18H35NO2/c1-3-5-6-7-10-15-19-16(13-14-17(20)4-2)11-8-9-12-18(19)21/h16-17,20H,3-15H2,1-2H3/t16-,17?/m1/s1. The van der Waals surface area contributed by atoms with Gasteiger partial charge in [0.1, 0.15) is 0 Å². The summed E-state index contributed by atoms with van der Waals surface area (Å²) in [4.78, 5) is 14.5. The van der Waals surface area contributed by atoms with Crippen molar-refractivity contribution in [1.29, 1.82) is 0 Å². The Labute approximate surface area is 131 Å². The predicted octanol–water partition coefficient (Wildman–Crippen LogP) is 4.28. The monoisotopic (exact) mass is 297 g/mol. The summed E-state index contributed by atoms with van der Waals surface area (Å²) in [6.07, 6.45) is 12.7. The molecule has 0 aromatic carbocycles. The number of likely N-dealkylation sites (tertiary alicyclic amines) is 1. The molecule has 1 N–H and O–H groups in total. The first-order valence-electron chi connectivity index (χ1n) is 9.16. The first-order chi connectivity index (χ1) is 10.2. The smallest absolute Gasteiger partial charge is 0.222 e. The lowest BCUT2D eigenvalue weighted by atomic mass is 10.0. The normalized spacial score (nSPS) is 21.4. The van der Waals surface area contributed by atoms with Crippen LogP contribution in [-0.4, -0.2) is 34.6 Å². The first-order valence-corrected chi connectivity index (χ1v) is 9.16. The molecule has 0 radical (unpaired) electrons. The van der Waals surface area contributed by atoms with E-state index < -0.39 is 0 Å². The Kier molecular flexibility index (Phi) is 9.73. The average Bonchev–Trinajstić information content (AvgIpc) is 2.66. The molecule has 1 heterocycles. The number of rotatable bonds is 10. The summed E-state index contributed by atoms with van der Waals surface area (Å²) >= 11 is 0. The molecule has 0 aliphatic carbocycles. The van der Waals surface area contributed by atoms with Crippen LogP contribution in [0, 0.1) is 0 Å². The molecular weight excluding hydrogens is 262 g/mol. The molecule has 0 spiro atoms. The van der Waals surface area contributed by atoms with E-state index in [2.05, 4.69) is 11.8 Å². The highest BCUT2D eigenvalue weighted by Gasteiger charge is 2.25. The quantitative estimate of drug-likeness (QED) is 0.611. The third-order valence-corrected chi connectivity index (χ3v) is 4.75. The van der Waals surface area contributed by atoms with Crippen LogP contribution in [0.3, 0.4) is 0 Å². The van der Waals surface area contributed by atoms with Gasteiger partial charge in [0.05, 0.1) is 6.10 Å². The Balaban J connectivity index is 2.43. The van der Waals surface area contributed by atoms with E-state index in [-0.39, 0.29) is 6.10 Å². The average molecular weight is 297 g/mol. The van der Waals surface area contributed by atoms with Crippen LogP contribution in [0.4, 0.5) is 0 Å². The van der Waals surface area contributed by atoms with Gasteiger partial charge in [-0.1, -0.05) is 46.0 Å². The maximum absolute atomic E-state index is 12.3. The van der Waals surface area contributed by atoms with Crippen molar-refractivity contribution in [2.45, 2.75) is 103 Å². The Bertz CT molecular complexity index is 280. The topological polar surface area (TPSA) is 40.5 Å². The molecule has 1 unspecified atom stereocenters. The largest absolute Gasteiger partial charge is 0.393 e. The Hall–Kier alpha value is -0.570. The van der Waals surface area contributed by atoms with Crippen LogP contribution in [0.5, 0.6) is 0 Å². The van der Waals surface area contributed by atoms with Crippen molar-refractivity contribution in [1.82, 2.24) is 4.90 Å². The van der Waals surface area contributed by atoms with E-state index in [0.717, 1.165) is 57.9 Å². The summed E-state index contributed by atoms with van der Waals surface area (Å²) in [5.41, 5.74) is 0. The van der Waals surface area contributed by atoms with Crippen molar-refractivity contribution in [3.8, 4) is 0 Å². The van der Waals surface area contributed by atoms with Crippen molar-refractivity contribution in [3.05, 3.63) is 0 Å². The van der Waals surface area contributed by atoms with Crippen LogP contribution in [-0.2, 0) is 4.79 Å². The second-order valence-electron chi connectivity index (χ2n) is 6.54. The zero-order valence-corrected chi connectivity index (χ0v) is 14.1. The van der Waals surface area contributed by atoms with Crippen LogP contribution in [0.25, 0.3) is 0 Å². The van der Waals surface area contributed by atoms with Gasteiger partial charge in [-0.3, -0.25) is 4.79 Å². The van der Waals surface area contributed by atoms with Crippen LogP contribution in [0.1, 0.15) is 90.9 Å². The fourth-order valence-electron chi connectivity index (χ4n) is 3.24. The van der Waals surface area contributed by atoms with E-state index >= 15 is 0 Å². The lowest BCUT2D eigenvalue weighted by Crippen LogP contribution is -2.40. The maximum atomic E-state index is 12.3. The molecule has 1 amide bonds. The molecule has 0 aromatic heterocycles. The molecule has 3 nitrogen and oxygen atoms in total. The molecule has 0 aromatic rings. The molecule has 1 rings (SSSR count). The van der Waals surface area contributed by atoms with E-state index in [1.165, 1.54) is 25.7 Å². The minimum absolute atomic E-state index is 0.199. The Morgan fingerprint density at radius 2 is 1.95 bits per heavy atom. The predicted molar refractivity (Wildman–Crippen MR) is 88.3 cm³/mol. The minimum Gasteiger partial charge on any atom is -0.393 e. The van der Waals surface area contributed by atoms with Gasteiger partial charge in [0.2, 0.25) is 5.91 Å². The highest BCUT2D eigenvalue weighted by atomic mass is 16.3. The molecule has 1 aliphatic rings. The summed E-state index contributed by atoms with van der Waals surface area (Å²) in [6, 6.07) is 0.368. The van der Waals surface area contributed by atoms with Crippen LogP contribution in [0.2, 0.25) is 0 Å². The van der Waals surface area contributed by atoms with Gasteiger partial charge in [-0.05, 0) is 38.5 Å². The van der Waals surface area contributed by atoms with Gasteiger partial charge in [-0.2, -0.15) is 0 Å². The number of hydrogen-bond donors (Lipinski definition) is 1. The lowest BCUT2D eigenvalue weighted by Gasteiger charge is -2.31. The molecule has 2 atom stereocenters. The molecule has 0 saturated carbocycles. The molecule has 0 bridgehead atoms. The van der Waals surface area contributed by atoms with Crippen molar-refractivity contribution in [2.24, 2.45) is 0 Å². The summed E-state index contributed by atoms with van der Waals surface area (Å²) in [5.74, 6) is 0.346. The lowest BCUT2D eigenvalue weighted by molar-refractivity contribution is -0.133. The highest BCUT2D eigenvalue weighted by Crippen LogP contribution is 2.23. The van der Waals surface area contributed by atoms with E-state index in [9.17, 15) is 9.90 Å². The van der Waals surface area contributed by atoms with Crippen molar-refractivity contribution in [3.63, 3.8) is 0 Å². The number of unbranched alkanes of at least 4 members (excludes halogenated alkanes) is 4. The number of carbonyl (C=O) groups is 1. The Morgan fingerprint density at radius 3 is 2.67 bits per heavy atom. The highest BCUT2D eigenvalue weighted by molar-refractivity contribution is 5.76. The molecule has 1 fully saturated rings. The second kappa shape index (κ2) is 11.1. The summed E-state index contributed by atoms with van der Waals surface area (Å²) < 4.78 is 0. The van der Waals surface area contributed by atoms with Gasteiger partial charge < -0.3 is 10.0 Å². The van der Waals surface area contributed by atoms with Gasteiger partial charge in [-0.15, -0.1) is 0 Å². The van der Waals surface area contributed by atoms with E-state index in [1.807, 2.05) is 6.92 Å². The molecule has 3 heteroatoms. The van der Waals surface area contributed by atoms with E-state index in [4.69, 9.17) is 0 Å². The van der Waals surface area contributed by atoms with Crippen LogP contribution in [0.15, 0.2) is 0 Å². The molecule has 124 valence electrons. The second-order valence-corrected chi connectivity index (χ2v) is 6.54. The van der Waals surface area contributed by atoms with E-state index in [0.29, 0.717) is 11.9 Å². The number of aliphatic hydroxyl groups is 1. The molecule has 1 saturated heterocycles. The number of amides is 1. The summed E-state index contributed by atoms with van der Waals surface area (Å²) in [5, 5.41) is 9.78. The zero-order chi connectivity index (χ0) is 15.5. The SMILES string of the molecule is CCCCCCCN1C(=O)CCCC[C@@H]1CCC(O)CC. The number of aliphatic hydroxyl groups excluding tert-OH is 1. The number of carbonyl (C=O) groups excluding carboxylic acids is 1. The van der Waals surface area contributed by atoms with Crippen LogP contribution < -0.4 is 0 Å². The van der Waals surface area contributed by atoms with Crippen molar-refractivity contribution < 1.29 is 9.90 Å². The summed E-state index contributed by atoms with van der Waals surface area (Å²) in [7, 11) is 0. The third-order valence-electron chi connectivity index (χ3n) is 4.75. The minimum atomic E-state index is -0.199. The third kappa shape index (κ3) is 7.30. The van der Waals surface area contributed by atoms with Gasteiger partial charge in [0.25, 0.3) is 0 Å².